The number of amides is 1. The molecule has 0 bridgehead atoms. The van der Waals surface area contributed by atoms with Gasteiger partial charge in [0.2, 0.25) is 5.82 Å². The van der Waals surface area contributed by atoms with Crippen LogP contribution < -0.4 is 5.32 Å². The number of alkyl halides is 3. The molecule has 3 rings (SSSR count). The second-order valence-electron chi connectivity index (χ2n) is 6.63. The lowest BCUT2D eigenvalue weighted by atomic mass is 10.0. The first-order valence-corrected chi connectivity index (χ1v) is 8.77. The number of aliphatic hydroxyl groups is 1. The van der Waals surface area contributed by atoms with Crippen molar-refractivity contribution in [2.24, 2.45) is 0 Å². The Hall–Kier alpha value is -3.34. The van der Waals surface area contributed by atoms with E-state index in [0.717, 1.165) is 17.7 Å². The van der Waals surface area contributed by atoms with Gasteiger partial charge in [-0.3, -0.25) is 9.78 Å². The largest absolute Gasteiger partial charge is 0.451 e. The van der Waals surface area contributed by atoms with E-state index >= 15 is 4.39 Å². The summed E-state index contributed by atoms with van der Waals surface area (Å²) in [7, 11) is 0. The van der Waals surface area contributed by atoms with Gasteiger partial charge in [0.25, 0.3) is 5.91 Å². The highest BCUT2D eigenvalue weighted by Gasteiger charge is 2.37. The Morgan fingerprint density at radius 3 is 2.60 bits per heavy atom. The Kier molecular flexibility index (Phi) is 5.83. The molecule has 2 heterocycles. The molecular formula is C19H17F4N5O2. The fraction of sp³-hybridized carbons (Fsp3) is 0.263. The van der Waals surface area contributed by atoms with E-state index in [9.17, 15) is 18.0 Å². The summed E-state index contributed by atoms with van der Waals surface area (Å²) in [6.45, 7) is 2.85. The molecule has 1 amide bonds. The van der Waals surface area contributed by atoms with Crippen LogP contribution in [0.25, 0.3) is 16.9 Å². The SMILES string of the molecule is Cc1ccc(-c2cc(-n3ncnc3C(F)(F)F)cc(C(=O)NC(C)CO)c2F)nc1. The van der Waals surface area contributed by atoms with Gasteiger partial charge in [-0.2, -0.15) is 18.3 Å². The Morgan fingerprint density at radius 2 is 2.00 bits per heavy atom. The molecule has 11 heteroatoms. The molecule has 2 N–H and O–H groups in total. The lowest BCUT2D eigenvalue weighted by Crippen LogP contribution is -2.35. The molecule has 0 saturated heterocycles. The maximum atomic E-state index is 15.2. The van der Waals surface area contributed by atoms with Crippen LogP contribution in [0.3, 0.4) is 0 Å². The molecule has 30 heavy (non-hydrogen) atoms. The number of carbonyl (C=O) groups is 1. The quantitative estimate of drug-likeness (QED) is 0.616. The van der Waals surface area contributed by atoms with Crippen LogP contribution in [-0.2, 0) is 6.18 Å². The minimum atomic E-state index is -4.82. The lowest BCUT2D eigenvalue weighted by Gasteiger charge is -2.16. The number of nitrogens with zero attached hydrogens (tertiary/aromatic N) is 4. The van der Waals surface area contributed by atoms with E-state index in [2.05, 4.69) is 20.4 Å². The number of carbonyl (C=O) groups excluding carboxylic acids is 1. The van der Waals surface area contributed by atoms with Gasteiger partial charge in [-0.15, -0.1) is 0 Å². The van der Waals surface area contributed by atoms with Gasteiger partial charge in [0, 0.05) is 17.8 Å². The van der Waals surface area contributed by atoms with E-state index in [4.69, 9.17) is 5.11 Å². The van der Waals surface area contributed by atoms with Gasteiger partial charge in [-0.05, 0) is 37.6 Å². The molecule has 2 aromatic heterocycles. The number of pyridine rings is 1. The third-order valence-electron chi connectivity index (χ3n) is 4.19. The number of halogens is 4. The van der Waals surface area contributed by atoms with Crippen molar-refractivity contribution in [1.82, 2.24) is 25.1 Å². The molecule has 0 saturated carbocycles. The zero-order valence-electron chi connectivity index (χ0n) is 15.9. The van der Waals surface area contributed by atoms with Crippen molar-refractivity contribution in [1.29, 1.82) is 0 Å². The summed E-state index contributed by atoms with van der Waals surface area (Å²) in [6, 6.07) is 4.50. The molecule has 1 unspecified atom stereocenters. The highest BCUT2D eigenvalue weighted by atomic mass is 19.4. The number of nitrogens with one attached hydrogen (secondary N) is 1. The number of aryl methyl sites for hydroxylation is 1. The van der Waals surface area contributed by atoms with Crippen molar-refractivity contribution in [3.8, 4) is 16.9 Å². The molecule has 3 aromatic rings. The van der Waals surface area contributed by atoms with Crippen molar-refractivity contribution < 1.29 is 27.5 Å². The molecule has 1 aromatic carbocycles. The van der Waals surface area contributed by atoms with Crippen LogP contribution in [0.5, 0.6) is 0 Å². The predicted molar refractivity (Wildman–Crippen MR) is 98.3 cm³/mol. The Bertz CT molecular complexity index is 1060. The van der Waals surface area contributed by atoms with E-state index in [0.29, 0.717) is 11.0 Å². The van der Waals surface area contributed by atoms with E-state index < -0.39 is 41.9 Å². The molecule has 1 atom stereocenters. The molecular weight excluding hydrogens is 406 g/mol. The van der Waals surface area contributed by atoms with Gasteiger partial charge < -0.3 is 10.4 Å². The smallest absolute Gasteiger partial charge is 0.394 e. The number of hydrogen-bond donors (Lipinski definition) is 2. The Balaban J connectivity index is 2.22. The van der Waals surface area contributed by atoms with Gasteiger partial charge in [0.05, 0.1) is 23.6 Å². The van der Waals surface area contributed by atoms with Crippen molar-refractivity contribution in [3.63, 3.8) is 0 Å². The monoisotopic (exact) mass is 423 g/mol. The zero-order valence-corrected chi connectivity index (χ0v) is 15.9. The van der Waals surface area contributed by atoms with E-state index in [1.165, 1.54) is 19.2 Å². The Labute approximate surface area is 168 Å². The standard InChI is InChI=1S/C19H17F4N5O2/c1-10-3-4-15(24-7-10)13-5-12(28-18(19(21,22)23)25-9-26-28)6-14(16(13)20)17(30)27-11(2)8-29/h3-7,9,11,29H,8H2,1-2H3,(H,27,30). The number of benzene rings is 1. The van der Waals surface area contributed by atoms with E-state index in [1.54, 1.807) is 13.0 Å². The number of aliphatic hydroxyl groups excluding tert-OH is 1. The Morgan fingerprint density at radius 1 is 1.27 bits per heavy atom. The predicted octanol–water partition coefficient (Wildman–Crippen LogP) is 2.91. The fourth-order valence-corrected chi connectivity index (χ4v) is 2.68. The number of aromatic nitrogens is 4. The van der Waals surface area contributed by atoms with E-state index in [1.807, 2.05) is 0 Å². The number of rotatable bonds is 5. The van der Waals surface area contributed by atoms with Crippen LogP contribution in [0, 0.1) is 12.7 Å². The highest BCUT2D eigenvalue weighted by molar-refractivity contribution is 5.96. The van der Waals surface area contributed by atoms with Crippen LogP contribution in [0.2, 0.25) is 0 Å². The van der Waals surface area contributed by atoms with Crippen LogP contribution in [0.1, 0.15) is 28.7 Å². The molecule has 7 nitrogen and oxygen atoms in total. The minimum absolute atomic E-state index is 0.123. The first kappa shape index (κ1) is 21.4. The van der Waals surface area contributed by atoms with Crippen molar-refractivity contribution in [2.45, 2.75) is 26.1 Å². The highest BCUT2D eigenvalue weighted by Crippen LogP contribution is 2.32. The van der Waals surface area contributed by atoms with Crippen LogP contribution in [0.15, 0.2) is 36.8 Å². The third kappa shape index (κ3) is 4.30. The second-order valence-corrected chi connectivity index (χ2v) is 6.63. The van der Waals surface area contributed by atoms with Gasteiger partial charge in [0.15, 0.2) is 0 Å². The number of hydrogen-bond acceptors (Lipinski definition) is 5. The fourth-order valence-electron chi connectivity index (χ4n) is 2.68. The van der Waals surface area contributed by atoms with Crippen molar-refractivity contribution >= 4 is 5.91 Å². The summed E-state index contributed by atoms with van der Waals surface area (Å²) in [5.74, 6) is -3.20. The second kappa shape index (κ2) is 8.19. The maximum Gasteiger partial charge on any atom is 0.451 e. The zero-order chi connectivity index (χ0) is 22.1. The van der Waals surface area contributed by atoms with Crippen LogP contribution in [0.4, 0.5) is 17.6 Å². The summed E-state index contributed by atoms with van der Waals surface area (Å²) in [6.07, 6.45) is -2.64. The summed E-state index contributed by atoms with van der Waals surface area (Å²) >= 11 is 0. The van der Waals surface area contributed by atoms with Crippen molar-refractivity contribution in [3.05, 3.63) is 59.6 Å². The van der Waals surface area contributed by atoms with Gasteiger partial charge in [0.1, 0.15) is 12.1 Å². The van der Waals surface area contributed by atoms with Crippen molar-refractivity contribution in [2.75, 3.05) is 6.61 Å². The lowest BCUT2D eigenvalue weighted by molar-refractivity contribution is -0.146. The average molecular weight is 423 g/mol. The molecule has 0 radical (unpaired) electrons. The molecule has 0 spiro atoms. The summed E-state index contributed by atoms with van der Waals surface area (Å²) < 4.78 is 55.5. The topological polar surface area (TPSA) is 92.9 Å². The first-order valence-electron chi connectivity index (χ1n) is 8.77. The maximum absolute atomic E-state index is 15.2. The van der Waals surface area contributed by atoms with Crippen LogP contribution >= 0.6 is 0 Å². The van der Waals surface area contributed by atoms with Gasteiger partial charge >= 0.3 is 6.18 Å². The molecule has 0 aliphatic heterocycles. The van der Waals surface area contributed by atoms with Gasteiger partial charge in [-0.25, -0.2) is 14.1 Å². The summed E-state index contributed by atoms with van der Waals surface area (Å²) in [5, 5.41) is 15.1. The molecule has 0 fully saturated rings. The normalized spacial score (nSPS) is 12.6. The molecule has 158 valence electrons. The van der Waals surface area contributed by atoms with E-state index in [-0.39, 0.29) is 16.9 Å². The third-order valence-corrected chi connectivity index (χ3v) is 4.19. The van der Waals surface area contributed by atoms with Crippen LogP contribution in [-0.4, -0.2) is 43.4 Å². The first-order chi connectivity index (χ1) is 14.1. The molecule has 0 aliphatic carbocycles. The summed E-state index contributed by atoms with van der Waals surface area (Å²) in [4.78, 5) is 19.8. The summed E-state index contributed by atoms with van der Waals surface area (Å²) in [5.41, 5.74) is -0.00862. The average Bonchev–Trinajstić information content (AvgIpc) is 3.19. The van der Waals surface area contributed by atoms with Gasteiger partial charge in [-0.1, -0.05) is 6.07 Å². The minimum Gasteiger partial charge on any atom is -0.394 e. The molecule has 0 aliphatic rings.